The lowest BCUT2D eigenvalue weighted by Crippen LogP contribution is -2.40. The molecular weight excluding hydrogens is 484 g/mol. The Hall–Kier alpha value is -3.41. The lowest BCUT2D eigenvalue weighted by Gasteiger charge is -2.36. The molecule has 1 aliphatic carbocycles. The van der Waals surface area contributed by atoms with Gasteiger partial charge in [0.1, 0.15) is 5.82 Å². The van der Waals surface area contributed by atoms with Gasteiger partial charge in [0.2, 0.25) is 0 Å². The topological polar surface area (TPSA) is 152 Å². The molecule has 3 aliphatic rings. The summed E-state index contributed by atoms with van der Waals surface area (Å²) in [5.74, 6) is 0.594. The maximum Gasteiger partial charge on any atom is 0.314 e. The van der Waals surface area contributed by atoms with Crippen LogP contribution in [0.1, 0.15) is 74.3 Å². The normalized spacial score (nSPS) is 19.1. The molecular formula is C26H42N10O2. The third-order valence-corrected chi connectivity index (χ3v) is 7.69. The minimum absolute atomic E-state index is 0.156. The number of piperidine rings is 2. The largest absolute Gasteiger partial charge is 0.364 e. The molecule has 0 spiro atoms. The summed E-state index contributed by atoms with van der Waals surface area (Å²) in [5, 5.41) is 7.86. The maximum atomic E-state index is 11.9. The van der Waals surface area contributed by atoms with Gasteiger partial charge < -0.3 is 31.5 Å². The van der Waals surface area contributed by atoms with Crippen molar-refractivity contribution in [3.63, 3.8) is 0 Å². The number of urea groups is 1. The standard InChI is InChI=1S/C23H34N8O.C3H8N2O/c24-22(32)21-23(28-20(15-25-21)30-10-4-1-5-11-30)27-17-14-26-31(16-17)19-8-12-29(13-9-19)18-6-2-3-7-18;1-5(2)3(4)6/h14-16,18-19H,1-13H2,(H2,24,32)(H,27,28);1-2H3,(H2,4,6). The second-order valence-corrected chi connectivity index (χ2v) is 10.6. The monoisotopic (exact) mass is 526 g/mol. The predicted molar refractivity (Wildman–Crippen MR) is 147 cm³/mol. The molecule has 1 saturated carbocycles. The van der Waals surface area contributed by atoms with E-state index in [1.54, 1.807) is 26.5 Å². The molecule has 4 heterocycles. The number of nitrogens with zero attached hydrogens (tertiary/aromatic N) is 7. The number of hydrogen-bond acceptors (Lipinski definition) is 8. The molecule has 0 unspecified atom stereocenters. The number of likely N-dealkylation sites (tertiary alicyclic amines) is 1. The molecule has 12 heteroatoms. The zero-order valence-electron chi connectivity index (χ0n) is 22.7. The van der Waals surface area contributed by atoms with Gasteiger partial charge in [0, 0.05) is 52.5 Å². The van der Waals surface area contributed by atoms with Crippen LogP contribution in [-0.4, -0.2) is 87.8 Å². The summed E-state index contributed by atoms with van der Waals surface area (Å²) in [6, 6.07) is 0.795. The fraction of sp³-hybridized carbons (Fsp3) is 0.654. The van der Waals surface area contributed by atoms with Gasteiger partial charge in [-0.05, 0) is 44.9 Å². The third-order valence-electron chi connectivity index (χ3n) is 7.69. The maximum absolute atomic E-state index is 11.9. The average molecular weight is 527 g/mol. The van der Waals surface area contributed by atoms with E-state index in [1.165, 1.54) is 37.0 Å². The summed E-state index contributed by atoms with van der Waals surface area (Å²) >= 11 is 0. The fourth-order valence-corrected chi connectivity index (χ4v) is 5.45. The SMILES string of the molecule is CN(C)C(N)=O.NC(=O)c1ncc(N2CCCCC2)nc1Nc1cnn(C2CCN(C3CCCC3)CC2)c1. The van der Waals surface area contributed by atoms with Gasteiger partial charge in [-0.25, -0.2) is 14.8 Å². The van der Waals surface area contributed by atoms with Crippen LogP contribution in [-0.2, 0) is 0 Å². The van der Waals surface area contributed by atoms with Gasteiger partial charge >= 0.3 is 6.03 Å². The van der Waals surface area contributed by atoms with E-state index in [1.807, 2.05) is 6.20 Å². The number of aromatic nitrogens is 4. The molecule has 2 aliphatic heterocycles. The second-order valence-electron chi connectivity index (χ2n) is 10.6. The van der Waals surface area contributed by atoms with Crippen LogP contribution in [0, 0.1) is 0 Å². The number of carbonyl (C=O) groups is 2. The first kappa shape index (κ1) is 27.6. The van der Waals surface area contributed by atoms with Crippen LogP contribution in [0.5, 0.6) is 0 Å². The van der Waals surface area contributed by atoms with E-state index in [-0.39, 0.29) is 5.69 Å². The number of hydrogen-bond donors (Lipinski definition) is 3. The summed E-state index contributed by atoms with van der Waals surface area (Å²) in [4.78, 5) is 37.0. The van der Waals surface area contributed by atoms with E-state index in [0.29, 0.717) is 11.9 Å². The van der Waals surface area contributed by atoms with Crippen molar-refractivity contribution in [2.24, 2.45) is 11.5 Å². The van der Waals surface area contributed by atoms with Gasteiger partial charge in [0.15, 0.2) is 11.5 Å². The second kappa shape index (κ2) is 12.9. The molecule has 5 rings (SSSR count). The van der Waals surface area contributed by atoms with E-state index in [4.69, 9.17) is 16.5 Å². The molecule has 208 valence electrons. The number of anilines is 3. The molecule has 38 heavy (non-hydrogen) atoms. The van der Waals surface area contributed by atoms with E-state index in [0.717, 1.165) is 69.4 Å². The van der Waals surface area contributed by atoms with E-state index < -0.39 is 11.9 Å². The number of carbonyl (C=O) groups excluding carboxylic acids is 2. The molecule has 0 radical (unpaired) electrons. The molecule has 2 aromatic rings. The van der Waals surface area contributed by atoms with Crippen LogP contribution in [0.2, 0.25) is 0 Å². The predicted octanol–water partition coefficient (Wildman–Crippen LogP) is 2.71. The lowest BCUT2D eigenvalue weighted by molar-refractivity contribution is 0.0996. The van der Waals surface area contributed by atoms with Crippen LogP contribution >= 0.6 is 0 Å². The Morgan fingerprint density at radius 3 is 2.18 bits per heavy atom. The molecule has 2 saturated heterocycles. The minimum atomic E-state index is -0.586. The van der Waals surface area contributed by atoms with Gasteiger partial charge in [-0.15, -0.1) is 0 Å². The van der Waals surface area contributed by atoms with Crippen molar-refractivity contribution in [2.45, 2.75) is 69.9 Å². The van der Waals surface area contributed by atoms with Crippen molar-refractivity contribution < 1.29 is 9.59 Å². The van der Waals surface area contributed by atoms with Crippen molar-refractivity contribution in [1.29, 1.82) is 0 Å². The summed E-state index contributed by atoms with van der Waals surface area (Å²) in [6.07, 6.45) is 16.7. The van der Waals surface area contributed by atoms with Crippen molar-refractivity contribution in [2.75, 3.05) is 50.5 Å². The molecule has 0 atom stereocenters. The smallest absolute Gasteiger partial charge is 0.314 e. The Morgan fingerprint density at radius 2 is 1.58 bits per heavy atom. The van der Waals surface area contributed by atoms with Crippen molar-refractivity contribution in [3.05, 3.63) is 24.3 Å². The highest BCUT2D eigenvalue weighted by Crippen LogP contribution is 2.30. The van der Waals surface area contributed by atoms with E-state index in [2.05, 4.69) is 29.9 Å². The van der Waals surface area contributed by atoms with Crippen LogP contribution in [0.3, 0.4) is 0 Å². The quantitative estimate of drug-likeness (QED) is 0.520. The van der Waals surface area contributed by atoms with Gasteiger partial charge in [0.25, 0.3) is 5.91 Å². The highest BCUT2D eigenvalue weighted by atomic mass is 16.2. The first-order valence-corrected chi connectivity index (χ1v) is 13.8. The summed E-state index contributed by atoms with van der Waals surface area (Å²) in [6.45, 7) is 4.21. The third kappa shape index (κ3) is 7.12. The first-order chi connectivity index (χ1) is 18.3. The highest BCUT2D eigenvalue weighted by molar-refractivity contribution is 5.96. The summed E-state index contributed by atoms with van der Waals surface area (Å²) in [7, 11) is 3.20. The minimum Gasteiger partial charge on any atom is -0.364 e. The van der Waals surface area contributed by atoms with Crippen LogP contribution in [0.25, 0.3) is 0 Å². The van der Waals surface area contributed by atoms with Crippen molar-refractivity contribution in [1.82, 2.24) is 29.5 Å². The van der Waals surface area contributed by atoms with Crippen molar-refractivity contribution in [3.8, 4) is 0 Å². The van der Waals surface area contributed by atoms with Crippen LogP contribution < -0.4 is 21.7 Å². The Balaban J connectivity index is 0.000000505. The Bertz CT molecular complexity index is 1070. The van der Waals surface area contributed by atoms with E-state index >= 15 is 0 Å². The Labute approximate surface area is 224 Å². The molecule has 2 aromatic heterocycles. The average Bonchev–Trinajstić information content (AvgIpc) is 3.62. The summed E-state index contributed by atoms with van der Waals surface area (Å²) < 4.78 is 2.06. The Kier molecular flexibility index (Phi) is 9.38. The molecule has 5 N–H and O–H groups in total. The highest BCUT2D eigenvalue weighted by Gasteiger charge is 2.28. The number of amides is 3. The van der Waals surface area contributed by atoms with Crippen LogP contribution in [0.4, 0.5) is 22.1 Å². The molecule has 3 amide bonds. The number of primary amides is 2. The van der Waals surface area contributed by atoms with Gasteiger partial charge in [-0.2, -0.15) is 5.10 Å². The number of nitrogens with two attached hydrogens (primary N) is 2. The van der Waals surface area contributed by atoms with Gasteiger partial charge in [-0.3, -0.25) is 9.48 Å². The number of nitrogens with one attached hydrogen (secondary N) is 1. The van der Waals surface area contributed by atoms with Gasteiger partial charge in [-0.1, -0.05) is 12.8 Å². The first-order valence-electron chi connectivity index (χ1n) is 13.8. The molecule has 0 aromatic carbocycles. The zero-order chi connectivity index (χ0) is 27.1. The van der Waals surface area contributed by atoms with Gasteiger partial charge in [0.05, 0.1) is 24.1 Å². The lowest BCUT2D eigenvalue weighted by atomic mass is 10.0. The number of rotatable bonds is 6. The molecule has 0 bridgehead atoms. The molecule has 3 fully saturated rings. The van der Waals surface area contributed by atoms with Crippen molar-refractivity contribution >= 4 is 29.3 Å². The summed E-state index contributed by atoms with van der Waals surface area (Å²) in [5.41, 5.74) is 11.2. The molecule has 12 nitrogen and oxygen atoms in total. The Morgan fingerprint density at radius 1 is 0.921 bits per heavy atom. The zero-order valence-corrected chi connectivity index (χ0v) is 22.7. The van der Waals surface area contributed by atoms with Crippen LogP contribution in [0.15, 0.2) is 18.6 Å². The fourth-order valence-electron chi connectivity index (χ4n) is 5.45. The van der Waals surface area contributed by atoms with E-state index in [9.17, 15) is 9.59 Å².